The third kappa shape index (κ3) is 4.11. The number of H-pyrrole nitrogens is 1. The zero-order valence-electron chi connectivity index (χ0n) is 17.8. The molecule has 2 aromatic heterocycles. The summed E-state index contributed by atoms with van der Waals surface area (Å²) in [4.78, 5) is 11.7. The Balaban J connectivity index is 1.78. The Labute approximate surface area is 181 Å². The van der Waals surface area contributed by atoms with Crippen LogP contribution in [0.4, 0.5) is 11.5 Å². The fraction of sp³-hybridized carbons (Fsp3) is 0.217. The third-order valence-corrected chi connectivity index (χ3v) is 6.65. The van der Waals surface area contributed by atoms with Crippen molar-refractivity contribution in [1.29, 1.82) is 0 Å². The van der Waals surface area contributed by atoms with Crippen molar-refractivity contribution in [3.63, 3.8) is 0 Å². The summed E-state index contributed by atoms with van der Waals surface area (Å²) >= 11 is 0. The molecule has 2 N–H and O–H groups in total. The Kier molecular flexibility index (Phi) is 5.41. The van der Waals surface area contributed by atoms with E-state index in [0.717, 1.165) is 16.8 Å². The van der Waals surface area contributed by atoms with Gasteiger partial charge in [-0.15, -0.1) is 0 Å². The first kappa shape index (κ1) is 20.9. The molecule has 4 aromatic rings. The number of sulfone groups is 1. The Morgan fingerprint density at radius 1 is 1.00 bits per heavy atom. The minimum Gasteiger partial charge on any atom is -0.489 e. The molecule has 0 amide bonds. The minimum absolute atomic E-state index is 0.00273. The highest BCUT2D eigenvalue weighted by Gasteiger charge is 2.22. The van der Waals surface area contributed by atoms with Gasteiger partial charge in [0.1, 0.15) is 28.6 Å². The monoisotopic (exact) mass is 436 g/mol. The van der Waals surface area contributed by atoms with E-state index >= 15 is 0 Å². The Morgan fingerprint density at radius 2 is 1.71 bits per heavy atom. The highest BCUT2D eigenvalue weighted by molar-refractivity contribution is 7.91. The predicted octanol–water partition coefficient (Wildman–Crippen LogP) is 4.94. The molecule has 0 radical (unpaired) electrons. The molecule has 160 valence electrons. The number of hydrogen-bond acceptors (Lipinski definition) is 6. The van der Waals surface area contributed by atoms with Crippen LogP contribution in [-0.2, 0) is 9.84 Å². The van der Waals surface area contributed by atoms with Crippen molar-refractivity contribution in [1.82, 2.24) is 15.0 Å². The van der Waals surface area contributed by atoms with Crippen LogP contribution in [0.3, 0.4) is 0 Å². The van der Waals surface area contributed by atoms with Crippen LogP contribution < -0.4 is 10.1 Å². The van der Waals surface area contributed by atoms with Crippen LogP contribution in [0.15, 0.2) is 64.8 Å². The fourth-order valence-corrected chi connectivity index (χ4v) is 4.53. The van der Waals surface area contributed by atoms with Crippen LogP contribution in [-0.4, -0.2) is 29.5 Å². The van der Waals surface area contributed by atoms with Crippen molar-refractivity contribution in [2.24, 2.45) is 0 Å². The van der Waals surface area contributed by atoms with E-state index in [1.165, 1.54) is 6.33 Å². The van der Waals surface area contributed by atoms with Crippen molar-refractivity contribution in [3.05, 3.63) is 66.0 Å². The van der Waals surface area contributed by atoms with Gasteiger partial charge in [0.2, 0.25) is 9.84 Å². The number of rotatable bonds is 6. The molecule has 0 aliphatic rings. The molecule has 0 unspecified atom stereocenters. The van der Waals surface area contributed by atoms with Crippen LogP contribution in [0.2, 0.25) is 0 Å². The van der Waals surface area contributed by atoms with E-state index in [0.29, 0.717) is 22.6 Å². The van der Waals surface area contributed by atoms with Gasteiger partial charge in [-0.05, 0) is 69.2 Å². The number of aromatic amines is 1. The summed E-state index contributed by atoms with van der Waals surface area (Å²) < 4.78 is 32.0. The molecule has 0 aliphatic carbocycles. The van der Waals surface area contributed by atoms with Crippen LogP contribution in [0.25, 0.3) is 11.0 Å². The first-order valence-corrected chi connectivity index (χ1v) is 11.4. The van der Waals surface area contributed by atoms with Gasteiger partial charge in [-0.2, -0.15) is 0 Å². The quantitative estimate of drug-likeness (QED) is 0.444. The van der Waals surface area contributed by atoms with Crippen LogP contribution in [0.5, 0.6) is 5.75 Å². The summed E-state index contributed by atoms with van der Waals surface area (Å²) in [5.41, 5.74) is 3.41. The molecule has 0 saturated heterocycles. The number of benzene rings is 2. The first-order chi connectivity index (χ1) is 14.8. The van der Waals surface area contributed by atoms with Crippen molar-refractivity contribution < 1.29 is 13.2 Å². The van der Waals surface area contributed by atoms with Crippen LogP contribution in [0.1, 0.15) is 25.0 Å². The number of nitrogens with one attached hydrogen (secondary N) is 2. The summed E-state index contributed by atoms with van der Waals surface area (Å²) in [6, 6.07) is 13.8. The Morgan fingerprint density at radius 3 is 2.42 bits per heavy atom. The maximum absolute atomic E-state index is 13.0. The van der Waals surface area contributed by atoms with Gasteiger partial charge < -0.3 is 15.0 Å². The van der Waals surface area contributed by atoms with E-state index in [9.17, 15) is 8.42 Å². The molecule has 0 bridgehead atoms. The van der Waals surface area contributed by atoms with Gasteiger partial charge in [-0.1, -0.05) is 18.2 Å². The van der Waals surface area contributed by atoms with E-state index in [1.807, 2.05) is 39.8 Å². The highest BCUT2D eigenvalue weighted by Crippen LogP contribution is 2.34. The lowest BCUT2D eigenvalue weighted by atomic mass is 10.1. The number of ether oxygens (including phenoxy) is 1. The summed E-state index contributed by atoms with van der Waals surface area (Å²) in [5.74, 6) is 1.20. The van der Waals surface area contributed by atoms with E-state index in [4.69, 9.17) is 4.74 Å². The topological polar surface area (TPSA) is 97.0 Å². The lowest BCUT2D eigenvalue weighted by Crippen LogP contribution is -2.08. The normalized spacial score (nSPS) is 11.8. The molecule has 0 aliphatic heterocycles. The maximum atomic E-state index is 13.0. The average Bonchev–Trinajstić information content (AvgIpc) is 3.18. The molecule has 4 rings (SSSR count). The number of fused-ring (bicyclic) bond motifs is 1. The van der Waals surface area contributed by atoms with Gasteiger partial charge in [0.25, 0.3) is 0 Å². The number of aryl methyl sites for hydroxylation is 2. The largest absolute Gasteiger partial charge is 0.489 e. The molecule has 0 atom stereocenters. The Bertz CT molecular complexity index is 1350. The molecular weight excluding hydrogens is 412 g/mol. The van der Waals surface area contributed by atoms with Gasteiger partial charge in [-0.25, -0.2) is 18.4 Å². The molecule has 2 heterocycles. The predicted molar refractivity (Wildman–Crippen MR) is 121 cm³/mol. The number of hydrogen-bond donors (Lipinski definition) is 2. The van der Waals surface area contributed by atoms with Crippen molar-refractivity contribution in [2.45, 2.75) is 43.7 Å². The second kappa shape index (κ2) is 8.03. The third-order valence-electron chi connectivity index (χ3n) is 4.96. The van der Waals surface area contributed by atoms with Crippen molar-refractivity contribution >= 4 is 32.4 Å². The van der Waals surface area contributed by atoms with E-state index in [1.54, 1.807) is 36.4 Å². The lowest BCUT2D eigenvalue weighted by Gasteiger charge is -2.17. The van der Waals surface area contributed by atoms with Gasteiger partial charge in [0.15, 0.2) is 0 Å². The number of nitrogens with zero attached hydrogens (tertiary/aromatic N) is 2. The molecule has 0 spiro atoms. The Hall–Kier alpha value is -3.39. The van der Waals surface area contributed by atoms with Crippen molar-refractivity contribution in [2.75, 3.05) is 5.32 Å². The van der Waals surface area contributed by atoms with E-state index < -0.39 is 9.84 Å². The molecule has 0 saturated carbocycles. The summed E-state index contributed by atoms with van der Waals surface area (Å²) in [7, 11) is -3.70. The first-order valence-electron chi connectivity index (χ1n) is 9.94. The maximum Gasteiger partial charge on any atom is 0.221 e. The molecule has 2 aromatic carbocycles. The highest BCUT2D eigenvalue weighted by atomic mass is 32.2. The van der Waals surface area contributed by atoms with Crippen LogP contribution >= 0.6 is 0 Å². The smallest absolute Gasteiger partial charge is 0.221 e. The summed E-state index contributed by atoms with van der Waals surface area (Å²) in [5, 5.41) is 3.94. The second-order valence-corrected chi connectivity index (χ2v) is 9.58. The van der Waals surface area contributed by atoms with E-state index in [-0.39, 0.29) is 16.0 Å². The zero-order chi connectivity index (χ0) is 22.2. The molecule has 8 heteroatoms. The zero-order valence-corrected chi connectivity index (χ0v) is 18.6. The van der Waals surface area contributed by atoms with Gasteiger partial charge in [0.05, 0.1) is 22.1 Å². The van der Waals surface area contributed by atoms with Crippen molar-refractivity contribution in [3.8, 4) is 5.75 Å². The lowest BCUT2D eigenvalue weighted by molar-refractivity contribution is 0.243. The summed E-state index contributed by atoms with van der Waals surface area (Å²) in [6.07, 6.45) is 1.40. The number of anilines is 2. The van der Waals surface area contributed by atoms with Crippen LogP contribution in [0, 0.1) is 13.8 Å². The SMILES string of the molecule is Cc1cc(Nc2ncnc3[nH]c(S(=O)(=O)c4ccccc4)cc23)c(OC(C)C)cc1C. The van der Waals surface area contributed by atoms with Gasteiger partial charge in [-0.3, -0.25) is 0 Å². The number of aromatic nitrogens is 3. The molecular formula is C23H24N4O3S. The average molecular weight is 437 g/mol. The minimum atomic E-state index is -3.70. The standard InChI is InChI=1S/C23H24N4O3S/c1-14(2)30-20-11-16(4)15(3)10-19(20)26-22-18-12-21(27-23(18)25-13-24-22)31(28,29)17-8-6-5-7-9-17/h5-14H,1-4H3,(H2,24,25,26,27). The van der Waals surface area contributed by atoms with Gasteiger partial charge in [0, 0.05) is 0 Å². The molecule has 31 heavy (non-hydrogen) atoms. The van der Waals surface area contributed by atoms with Gasteiger partial charge >= 0.3 is 0 Å². The summed E-state index contributed by atoms with van der Waals surface area (Å²) in [6.45, 7) is 7.99. The fourth-order valence-electron chi connectivity index (χ4n) is 3.25. The molecule has 7 nitrogen and oxygen atoms in total. The molecule has 0 fully saturated rings. The van der Waals surface area contributed by atoms with E-state index in [2.05, 4.69) is 20.3 Å². The second-order valence-electron chi connectivity index (χ2n) is 7.66.